The number of hydrogen-bond donors (Lipinski definition) is 1. The van der Waals surface area contributed by atoms with Gasteiger partial charge in [-0.15, -0.1) is 0 Å². The van der Waals surface area contributed by atoms with Gasteiger partial charge in [-0.05, 0) is 36.8 Å². The lowest BCUT2D eigenvalue weighted by atomic mass is 10.2. The number of furan rings is 1. The first-order chi connectivity index (χ1) is 10.2. The molecule has 0 aliphatic rings. The topological polar surface area (TPSA) is 43.6 Å². The summed E-state index contributed by atoms with van der Waals surface area (Å²) in [5.74, 6) is 2.77. The standard InChI is InChI=1S/C17H23NO3/c1-4-14-6-7-15(21-14)12-18-16-8-5-13(2)11-17(16)20-10-9-19-3/h5-8,11,18H,4,9-10,12H2,1-3H3. The monoisotopic (exact) mass is 289 g/mol. The van der Waals surface area contributed by atoms with Gasteiger partial charge >= 0.3 is 0 Å². The van der Waals surface area contributed by atoms with Crippen molar-refractivity contribution in [1.29, 1.82) is 0 Å². The van der Waals surface area contributed by atoms with Crippen LogP contribution in [0.5, 0.6) is 5.75 Å². The van der Waals surface area contributed by atoms with Crippen LogP contribution in [0.1, 0.15) is 24.0 Å². The van der Waals surface area contributed by atoms with Gasteiger partial charge in [-0.25, -0.2) is 0 Å². The Labute approximate surface area is 126 Å². The second kappa shape index (κ2) is 7.74. The molecule has 114 valence electrons. The molecular weight excluding hydrogens is 266 g/mol. The largest absolute Gasteiger partial charge is 0.489 e. The maximum atomic E-state index is 5.76. The smallest absolute Gasteiger partial charge is 0.142 e. The van der Waals surface area contributed by atoms with E-state index in [9.17, 15) is 0 Å². The number of anilines is 1. The Balaban J connectivity index is 2.00. The lowest BCUT2D eigenvalue weighted by molar-refractivity contribution is 0.146. The molecule has 0 fully saturated rings. The second-order valence-electron chi connectivity index (χ2n) is 4.92. The summed E-state index contributed by atoms with van der Waals surface area (Å²) in [6.07, 6.45) is 0.913. The zero-order chi connectivity index (χ0) is 15.1. The van der Waals surface area contributed by atoms with Crippen LogP contribution < -0.4 is 10.1 Å². The Kier molecular flexibility index (Phi) is 5.69. The van der Waals surface area contributed by atoms with Crippen molar-refractivity contribution in [3.8, 4) is 5.75 Å². The summed E-state index contributed by atoms with van der Waals surface area (Å²) in [6, 6.07) is 10.1. The first-order valence-corrected chi connectivity index (χ1v) is 7.26. The van der Waals surface area contributed by atoms with Crippen LogP contribution in [0.15, 0.2) is 34.7 Å². The molecule has 1 N–H and O–H groups in total. The third-order valence-electron chi connectivity index (χ3n) is 3.20. The minimum atomic E-state index is 0.537. The zero-order valence-corrected chi connectivity index (χ0v) is 12.9. The molecule has 0 bridgehead atoms. The number of methoxy groups -OCH3 is 1. The molecule has 0 aliphatic carbocycles. The number of benzene rings is 1. The molecule has 0 atom stereocenters. The fourth-order valence-corrected chi connectivity index (χ4v) is 2.02. The van der Waals surface area contributed by atoms with Crippen LogP contribution in [-0.4, -0.2) is 20.3 Å². The van der Waals surface area contributed by atoms with Crippen LogP contribution in [0, 0.1) is 6.92 Å². The highest BCUT2D eigenvalue weighted by Gasteiger charge is 2.06. The van der Waals surface area contributed by atoms with E-state index in [1.54, 1.807) is 7.11 Å². The van der Waals surface area contributed by atoms with Gasteiger partial charge in [0, 0.05) is 13.5 Å². The summed E-state index contributed by atoms with van der Waals surface area (Å²) in [4.78, 5) is 0. The number of aryl methyl sites for hydroxylation is 2. The molecule has 0 amide bonds. The summed E-state index contributed by atoms with van der Waals surface area (Å²) in [6.45, 7) is 5.88. The molecule has 4 heteroatoms. The van der Waals surface area contributed by atoms with Crippen molar-refractivity contribution in [3.05, 3.63) is 47.4 Å². The lowest BCUT2D eigenvalue weighted by Crippen LogP contribution is -2.07. The Morgan fingerprint density at radius 2 is 1.90 bits per heavy atom. The van der Waals surface area contributed by atoms with Crippen LogP contribution in [0.25, 0.3) is 0 Å². The van der Waals surface area contributed by atoms with Crippen LogP contribution in [0.2, 0.25) is 0 Å². The van der Waals surface area contributed by atoms with Gasteiger partial charge in [0.1, 0.15) is 23.9 Å². The Morgan fingerprint density at radius 3 is 2.62 bits per heavy atom. The first-order valence-electron chi connectivity index (χ1n) is 7.26. The number of hydrogen-bond acceptors (Lipinski definition) is 4. The van der Waals surface area contributed by atoms with Crippen molar-refractivity contribution in [2.24, 2.45) is 0 Å². The van der Waals surface area contributed by atoms with Gasteiger partial charge in [0.15, 0.2) is 0 Å². The maximum Gasteiger partial charge on any atom is 0.142 e. The molecule has 1 aromatic heterocycles. The van der Waals surface area contributed by atoms with E-state index < -0.39 is 0 Å². The highest BCUT2D eigenvalue weighted by molar-refractivity contribution is 5.57. The van der Waals surface area contributed by atoms with Gasteiger partial charge in [0.05, 0.1) is 18.8 Å². The van der Waals surface area contributed by atoms with Crippen molar-refractivity contribution < 1.29 is 13.9 Å². The summed E-state index contributed by atoms with van der Waals surface area (Å²) in [7, 11) is 1.67. The number of rotatable bonds is 8. The van der Waals surface area contributed by atoms with Gasteiger partial charge in [-0.2, -0.15) is 0 Å². The summed E-state index contributed by atoms with van der Waals surface area (Å²) in [5, 5.41) is 3.36. The van der Waals surface area contributed by atoms with Gasteiger partial charge < -0.3 is 19.2 Å². The van der Waals surface area contributed by atoms with E-state index in [1.165, 1.54) is 5.56 Å². The van der Waals surface area contributed by atoms with E-state index in [-0.39, 0.29) is 0 Å². The van der Waals surface area contributed by atoms with Gasteiger partial charge in [-0.1, -0.05) is 13.0 Å². The summed E-state index contributed by atoms with van der Waals surface area (Å²) >= 11 is 0. The van der Waals surface area contributed by atoms with E-state index in [4.69, 9.17) is 13.9 Å². The highest BCUT2D eigenvalue weighted by Crippen LogP contribution is 2.26. The van der Waals surface area contributed by atoms with E-state index >= 15 is 0 Å². The highest BCUT2D eigenvalue weighted by atomic mass is 16.5. The quantitative estimate of drug-likeness (QED) is 0.751. The van der Waals surface area contributed by atoms with Gasteiger partial charge in [-0.3, -0.25) is 0 Å². The molecule has 1 aromatic carbocycles. The van der Waals surface area contributed by atoms with Crippen molar-refractivity contribution in [1.82, 2.24) is 0 Å². The number of ether oxygens (including phenoxy) is 2. The first kappa shape index (κ1) is 15.4. The Morgan fingerprint density at radius 1 is 1.10 bits per heavy atom. The van der Waals surface area contributed by atoms with Crippen LogP contribution in [-0.2, 0) is 17.7 Å². The molecule has 21 heavy (non-hydrogen) atoms. The molecule has 0 aliphatic heterocycles. The SMILES string of the molecule is CCc1ccc(CNc2ccc(C)cc2OCCOC)o1. The van der Waals surface area contributed by atoms with Gasteiger partial charge in [0.25, 0.3) is 0 Å². The molecule has 2 rings (SSSR count). The average molecular weight is 289 g/mol. The van der Waals surface area contributed by atoms with E-state index in [1.807, 2.05) is 31.2 Å². The summed E-state index contributed by atoms with van der Waals surface area (Å²) < 4.78 is 16.5. The van der Waals surface area contributed by atoms with E-state index in [0.29, 0.717) is 19.8 Å². The lowest BCUT2D eigenvalue weighted by Gasteiger charge is -2.13. The molecule has 0 unspecified atom stereocenters. The zero-order valence-electron chi connectivity index (χ0n) is 12.9. The summed E-state index contributed by atoms with van der Waals surface area (Å²) in [5.41, 5.74) is 2.13. The van der Waals surface area contributed by atoms with E-state index in [2.05, 4.69) is 18.3 Å². The predicted molar refractivity (Wildman–Crippen MR) is 84.0 cm³/mol. The molecule has 0 saturated carbocycles. The van der Waals surface area contributed by atoms with Crippen molar-refractivity contribution >= 4 is 5.69 Å². The molecule has 0 spiro atoms. The predicted octanol–water partition coefficient (Wildman–Crippen LogP) is 3.79. The Bertz CT molecular complexity index is 563. The molecular formula is C17H23NO3. The maximum absolute atomic E-state index is 5.76. The normalized spacial score (nSPS) is 10.6. The van der Waals surface area contributed by atoms with E-state index in [0.717, 1.165) is 29.4 Å². The van der Waals surface area contributed by atoms with Crippen molar-refractivity contribution in [2.45, 2.75) is 26.8 Å². The molecule has 4 nitrogen and oxygen atoms in total. The van der Waals surface area contributed by atoms with Crippen molar-refractivity contribution in [3.63, 3.8) is 0 Å². The third kappa shape index (κ3) is 4.53. The van der Waals surface area contributed by atoms with Crippen LogP contribution >= 0.6 is 0 Å². The molecule has 1 heterocycles. The molecule has 2 aromatic rings. The van der Waals surface area contributed by atoms with Gasteiger partial charge in [0.2, 0.25) is 0 Å². The molecule has 0 radical (unpaired) electrons. The fraction of sp³-hybridized carbons (Fsp3) is 0.412. The van der Waals surface area contributed by atoms with Crippen LogP contribution in [0.3, 0.4) is 0 Å². The molecule has 0 saturated heterocycles. The minimum Gasteiger partial charge on any atom is -0.489 e. The van der Waals surface area contributed by atoms with Crippen molar-refractivity contribution in [2.75, 3.05) is 25.6 Å². The minimum absolute atomic E-state index is 0.537. The van der Waals surface area contributed by atoms with Crippen LogP contribution in [0.4, 0.5) is 5.69 Å². The fourth-order valence-electron chi connectivity index (χ4n) is 2.02. The average Bonchev–Trinajstić information content (AvgIpc) is 2.95. The second-order valence-corrected chi connectivity index (χ2v) is 4.92. The third-order valence-corrected chi connectivity index (χ3v) is 3.20. The Hall–Kier alpha value is -1.94. The number of nitrogens with one attached hydrogen (secondary N) is 1.